The first-order valence-corrected chi connectivity index (χ1v) is 13.4. The Morgan fingerprint density at radius 1 is 0.525 bits per heavy atom. The summed E-state index contributed by atoms with van der Waals surface area (Å²) in [4.78, 5) is 17.1. The van der Waals surface area contributed by atoms with E-state index in [4.69, 9.17) is 0 Å². The molecule has 0 aliphatic heterocycles. The van der Waals surface area contributed by atoms with Gasteiger partial charge in [-0.3, -0.25) is 0 Å². The lowest BCUT2D eigenvalue weighted by molar-refractivity contribution is 0.661. The summed E-state index contributed by atoms with van der Waals surface area (Å²) in [6.45, 7) is 4.67. The Kier molecular flexibility index (Phi) is 4.80. The number of hydrogen-bond donors (Lipinski definition) is 0. The van der Waals surface area contributed by atoms with Crippen LogP contribution in [0.2, 0.25) is 0 Å². The Hall–Kier alpha value is -5.16. The molecule has 40 heavy (non-hydrogen) atoms. The minimum Gasteiger partial charge on any atom is -0.309 e. The molecule has 0 spiro atoms. The zero-order chi connectivity index (χ0) is 26.8. The Bertz CT molecular complexity index is 2020. The molecule has 8 rings (SSSR count). The zero-order valence-electron chi connectivity index (χ0n) is 22.2. The third-order valence-corrected chi connectivity index (χ3v) is 8.34. The molecule has 7 aromatic rings. The van der Waals surface area contributed by atoms with Gasteiger partial charge in [-0.15, -0.1) is 0 Å². The summed E-state index contributed by atoms with van der Waals surface area (Å²) in [5, 5.41) is 2.50. The van der Waals surface area contributed by atoms with Gasteiger partial charge in [0.25, 0.3) is 0 Å². The van der Waals surface area contributed by atoms with Crippen LogP contribution in [0.4, 0.5) is 0 Å². The summed E-state index contributed by atoms with van der Waals surface area (Å²) in [6.07, 6.45) is 10.5. The van der Waals surface area contributed by atoms with Gasteiger partial charge < -0.3 is 4.57 Å². The van der Waals surface area contributed by atoms with Crippen LogP contribution < -0.4 is 0 Å². The number of para-hydroxylation sites is 1. The van der Waals surface area contributed by atoms with Crippen LogP contribution >= 0.6 is 0 Å². The van der Waals surface area contributed by atoms with Crippen molar-refractivity contribution < 1.29 is 0 Å². The van der Waals surface area contributed by atoms with E-state index in [0.717, 1.165) is 27.9 Å². The summed E-state index contributed by atoms with van der Waals surface area (Å²) in [5.74, 6) is 0. The SMILES string of the molecule is CC1(C)c2ccccc2-c2cc3c(cc21)c1ccccc1n3-c1cc(-c2cncnc2)cc(-c2cncnc2)c1. The number of nitrogens with zero attached hydrogens (tertiary/aromatic N) is 5. The van der Waals surface area contributed by atoms with Gasteiger partial charge in [-0.05, 0) is 69.8 Å². The molecule has 4 aromatic carbocycles. The van der Waals surface area contributed by atoms with E-state index in [0.29, 0.717) is 0 Å². The summed E-state index contributed by atoms with van der Waals surface area (Å²) in [7, 11) is 0. The van der Waals surface area contributed by atoms with E-state index in [1.165, 1.54) is 44.1 Å². The monoisotopic (exact) mass is 515 g/mol. The normalized spacial score (nSPS) is 13.4. The molecule has 0 amide bonds. The number of hydrogen-bond acceptors (Lipinski definition) is 4. The second kappa shape index (κ2) is 8.42. The van der Waals surface area contributed by atoms with E-state index in [-0.39, 0.29) is 5.41 Å². The van der Waals surface area contributed by atoms with Crippen LogP contribution in [-0.2, 0) is 5.41 Å². The lowest BCUT2D eigenvalue weighted by atomic mass is 9.82. The topological polar surface area (TPSA) is 56.5 Å². The van der Waals surface area contributed by atoms with Crippen molar-refractivity contribution in [3.05, 3.63) is 127 Å². The predicted octanol–water partition coefficient (Wildman–Crippen LogP) is 8.00. The third kappa shape index (κ3) is 3.27. The number of fused-ring (bicyclic) bond motifs is 6. The average molecular weight is 516 g/mol. The Labute approximate surface area is 231 Å². The average Bonchev–Trinajstić information content (AvgIpc) is 3.45. The van der Waals surface area contributed by atoms with Crippen molar-refractivity contribution in [2.24, 2.45) is 0 Å². The Balaban J connectivity index is 1.47. The van der Waals surface area contributed by atoms with Crippen molar-refractivity contribution in [2.45, 2.75) is 19.3 Å². The van der Waals surface area contributed by atoms with Crippen LogP contribution in [0, 0.1) is 0 Å². The maximum absolute atomic E-state index is 4.29. The van der Waals surface area contributed by atoms with Crippen molar-refractivity contribution >= 4 is 21.8 Å². The molecule has 1 aliphatic carbocycles. The van der Waals surface area contributed by atoms with Crippen molar-refractivity contribution in [3.63, 3.8) is 0 Å². The van der Waals surface area contributed by atoms with Gasteiger partial charge in [0.05, 0.1) is 11.0 Å². The highest BCUT2D eigenvalue weighted by Gasteiger charge is 2.36. The van der Waals surface area contributed by atoms with E-state index < -0.39 is 0 Å². The fourth-order valence-corrected chi connectivity index (χ4v) is 6.41. The van der Waals surface area contributed by atoms with Crippen molar-refractivity contribution in [1.29, 1.82) is 0 Å². The lowest BCUT2D eigenvalue weighted by Gasteiger charge is -2.21. The Morgan fingerprint density at radius 3 is 1.85 bits per heavy atom. The molecule has 1 aliphatic rings. The summed E-state index contributed by atoms with van der Waals surface area (Å²) < 4.78 is 2.39. The van der Waals surface area contributed by atoms with Crippen molar-refractivity contribution in [2.75, 3.05) is 0 Å². The van der Waals surface area contributed by atoms with Crippen molar-refractivity contribution in [1.82, 2.24) is 24.5 Å². The first-order chi connectivity index (χ1) is 19.6. The van der Waals surface area contributed by atoms with Gasteiger partial charge in [0.1, 0.15) is 12.7 Å². The second-order valence-corrected chi connectivity index (χ2v) is 11.0. The number of rotatable bonds is 3. The van der Waals surface area contributed by atoms with Gasteiger partial charge in [0.15, 0.2) is 0 Å². The molecule has 0 saturated heterocycles. The molecule has 190 valence electrons. The largest absolute Gasteiger partial charge is 0.309 e. The summed E-state index contributed by atoms with van der Waals surface area (Å²) in [6, 6.07) is 28.9. The fourth-order valence-electron chi connectivity index (χ4n) is 6.41. The van der Waals surface area contributed by atoms with Gasteiger partial charge in [0.2, 0.25) is 0 Å². The molecule has 0 unspecified atom stereocenters. The fraction of sp³-hybridized carbons (Fsp3) is 0.0857. The molecule has 0 fully saturated rings. The molecule has 3 aromatic heterocycles. The molecule has 0 saturated carbocycles. The highest BCUT2D eigenvalue weighted by atomic mass is 15.0. The smallest absolute Gasteiger partial charge is 0.115 e. The van der Waals surface area contributed by atoms with Crippen molar-refractivity contribution in [3.8, 4) is 39.1 Å². The van der Waals surface area contributed by atoms with E-state index >= 15 is 0 Å². The van der Waals surface area contributed by atoms with Crippen LogP contribution in [0.1, 0.15) is 25.0 Å². The van der Waals surface area contributed by atoms with Crippen LogP contribution in [-0.4, -0.2) is 24.5 Å². The molecular weight excluding hydrogens is 490 g/mol. The second-order valence-electron chi connectivity index (χ2n) is 11.0. The summed E-state index contributed by atoms with van der Waals surface area (Å²) >= 11 is 0. The molecule has 5 heteroatoms. The summed E-state index contributed by atoms with van der Waals surface area (Å²) in [5.41, 5.74) is 12.7. The zero-order valence-corrected chi connectivity index (χ0v) is 22.2. The number of aromatic nitrogens is 5. The quantitative estimate of drug-likeness (QED) is 0.239. The van der Waals surface area contributed by atoms with Gasteiger partial charge in [-0.1, -0.05) is 56.3 Å². The van der Waals surface area contributed by atoms with E-state index in [1.54, 1.807) is 12.7 Å². The molecule has 5 nitrogen and oxygen atoms in total. The van der Waals surface area contributed by atoms with E-state index in [9.17, 15) is 0 Å². The highest BCUT2D eigenvalue weighted by Crippen LogP contribution is 2.51. The highest BCUT2D eigenvalue weighted by molar-refractivity contribution is 6.11. The molecule has 0 radical (unpaired) electrons. The van der Waals surface area contributed by atoms with E-state index in [2.05, 4.69) is 117 Å². The van der Waals surface area contributed by atoms with Gasteiger partial charge >= 0.3 is 0 Å². The van der Waals surface area contributed by atoms with Crippen LogP contribution in [0.15, 0.2) is 116 Å². The van der Waals surface area contributed by atoms with E-state index in [1.807, 2.05) is 24.8 Å². The number of benzene rings is 4. The lowest BCUT2D eigenvalue weighted by Crippen LogP contribution is -2.14. The van der Waals surface area contributed by atoms with Crippen LogP contribution in [0.25, 0.3) is 60.9 Å². The van der Waals surface area contributed by atoms with Crippen LogP contribution in [0.3, 0.4) is 0 Å². The van der Waals surface area contributed by atoms with Gasteiger partial charge in [-0.2, -0.15) is 0 Å². The predicted molar refractivity (Wildman–Crippen MR) is 160 cm³/mol. The standard InChI is InChI=1S/C35H25N5/c1-35(2)31-9-5-3-7-27(31)29-15-34-30(14-32(29)35)28-8-4-6-10-33(28)40(34)26-12-22(24-16-36-20-37-17-24)11-23(13-26)25-18-38-21-39-19-25/h3-21H,1-2H3. The third-order valence-electron chi connectivity index (χ3n) is 8.34. The molecule has 3 heterocycles. The maximum Gasteiger partial charge on any atom is 0.115 e. The molecule has 0 atom stereocenters. The molecule has 0 bridgehead atoms. The van der Waals surface area contributed by atoms with Gasteiger partial charge in [-0.25, -0.2) is 19.9 Å². The molecule has 0 N–H and O–H groups in total. The first kappa shape index (κ1) is 22.8. The van der Waals surface area contributed by atoms with Gasteiger partial charge in [0, 0.05) is 57.8 Å². The maximum atomic E-state index is 4.29. The van der Waals surface area contributed by atoms with Crippen LogP contribution in [0.5, 0.6) is 0 Å². The minimum atomic E-state index is -0.0585. The minimum absolute atomic E-state index is 0.0585. The first-order valence-electron chi connectivity index (χ1n) is 13.4. The molecular formula is C35H25N5. The Morgan fingerprint density at radius 2 is 1.15 bits per heavy atom.